The van der Waals surface area contributed by atoms with Gasteiger partial charge in [-0.1, -0.05) is 0 Å². The predicted molar refractivity (Wildman–Crippen MR) is 62.3 cm³/mol. The van der Waals surface area contributed by atoms with Crippen LogP contribution in [0.3, 0.4) is 0 Å². The number of nitrogens with two attached hydrogens (primary N) is 1. The van der Waals surface area contributed by atoms with Gasteiger partial charge in [-0.25, -0.2) is 0 Å². The van der Waals surface area contributed by atoms with E-state index in [1.165, 1.54) is 21.3 Å². The number of carbonyl (C=O) groups excluding carboxylic acids is 1. The summed E-state index contributed by atoms with van der Waals surface area (Å²) in [4.78, 5) is 11.4. The number of methoxy groups -OCH3 is 3. The molecule has 0 radical (unpaired) electrons. The Morgan fingerprint density at radius 3 is 2.12 bits per heavy atom. The van der Waals surface area contributed by atoms with Crippen molar-refractivity contribution < 1.29 is 19.0 Å². The van der Waals surface area contributed by atoms with Gasteiger partial charge in [-0.2, -0.15) is 0 Å². The van der Waals surface area contributed by atoms with Crippen LogP contribution in [0.5, 0.6) is 17.2 Å². The molecule has 1 aromatic rings. The standard InChI is InChI=1S/C10H12BrNO4/c1-14-6-4-5(11)8(15-2)7(10(12)13)9(6)16-3/h4H,1-3H3,(H2,12,13). The van der Waals surface area contributed by atoms with Crippen LogP contribution in [0.15, 0.2) is 10.5 Å². The molecule has 0 saturated heterocycles. The number of rotatable bonds is 4. The lowest BCUT2D eigenvalue weighted by atomic mass is 10.1. The summed E-state index contributed by atoms with van der Waals surface area (Å²) in [5, 5.41) is 0. The molecule has 0 aliphatic carbocycles. The van der Waals surface area contributed by atoms with Crippen molar-refractivity contribution in [1.82, 2.24) is 0 Å². The maximum atomic E-state index is 11.4. The van der Waals surface area contributed by atoms with Crippen LogP contribution < -0.4 is 19.9 Å². The second kappa shape index (κ2) is 5.07. The molecule has 0 unspecified atom stereocenters. The van der Waals surface area contributed by atoms with Gasteiger partial charge in [0.15, 0.2) is 11.5 Å². The molecular formula is C10H12BrNO4. The van der Waals surface area contributed by atoms with E-state index in [1.54, 1.807) is 6.07 Å². The predicted octanol–water partition coefficient (Wildman–Crippen LogP) is 1.57. The van der Waals surface area contributed by atoms with E-state index in [4.69, 9.17) is 19.9 Å². The van der Waals surface area contributed by atoms with E-state index in [2.05, 4.69) is 15.9 Å². The summed E-state index contributed by atoms with van der Waals surface area (Å²) < 4.78 is 15.9. The molecule has 0 saturated carbocycles. The highest BCUT2D eigenvalue weighted by molar-refractivity contribution is 9.10. The first-order valence-corrected chi connectivity index (χ1v) is 5.14. The molecule has 0 atom stereocenters. The molecule has 2 N–H and O–H groups in total. The topological polar surface area (TPSA) is 70.8 Å². The number of amides is 1. The number of hydrogen-bond donors (Lipinski definition) is 1. The third-order valence-electron chi connectivity index (χ3n) is 2.03. The minimum absolute atomic E-state index is 0.149. The number of hydrogen-bond acceptors (Lipinski definition) is 4. The van der Waals surface area contributed by atoms with Crippen LogP contribution >= 0.6 is 15.9 Å². The van der Waals surface area contributed by atoms with Gasteiger partial charge in [0.05, 0.1) is 25.8 Å². The van der Waals surface area contributed by atoms with E-state index < -0.39 is 5.91 Å². The normalized spacial score (nSPS) is 9.75. The fourth-order valence-electron chi connectivity index (χ4n) is 1.37. The second-order valence-corrected chi connectivity index (χ2v) is 3.72. The molecule has 88 valence electrons. The molecule has 1 aromatic carbocycles. The van der Waals surface area contributed by atoms with Gasteiger partial charge in [-0.15, -0.1) is 0 Å². The van der Waals surface area contributed by atoms with Crippen molar-refractivity contribution in [2.24, 2.45) is 5.73 Å². The molecule has 0 bridgehead atoms. The Hall–Kier alpha value is -1.43. The molecule has 5 nitrogen and oxygen atoms in total. The van der Waals surface area contributed by atoms with Crippen molar-refractivity contribution in [3.63, 3.8) is 0 Å². The summed E-state index contributed by atoms with van der Waals surface area (Å²) in [5.74, 6) is 0.345. The van der Waals surface area contributed by atoms with Gasteiger partial charge in [-0.3, -0.25) is 4.79 Å². The highest BCUT2D eigenvalue weighted by Gasteiger charge is 2.23. The van der Waals surface area contributed by atoms with E-state index in [-0.39, 0.29) is 11.3 Å². The van der Waals surface area contributed by atoms with E-state index >= 15 is 0 Å². The first kappa shape index (κ1) is 12.6. The van der Waals surface area contributed by atoms with Crippen LogP contribution in [0.2, 0.25) is 0 Å². The number of benzene rings is 1. The maximum absolute atomic E-state index is 11.4. The second-order valence-electron chi connectivity index (χ2n) is 2.87. The van der Waals surface area contributed by atoms with E-state index in [9.17, 15) is 4.79 Å². The Bertz CT molecular complexity index is 420. The number of ether oxygens (including phenoxy) is 3. The number of carbonyl (C=O) groups is 1. The largest absolute Gasteiger partial charge is 0.495 e. The zero-order chi connectivity index (χ0) is 12.3. The van der Waals surface area contributed by atoms with Crippen molar-refractivity contribution in [2.45, 2.75) is 0 Å². The smallest absolute Gasteiger partial charge is 0.256 e. The van der Waals surface area contributed by atoms with Crippen molar-refractivity contribution in [3.8, 4) is 17.2 Å². The average molecular weight is 290 g/mol. The SMILES string of the molecule is COc1cc(Br)c(OC)c(C(N)=O)c1OC. The molecule has 0 aliphatic rings. The Morgan fingerprint density at radius 2 is 1.75 bits per heavy atom. The van der Waals surface area contributed by atoms with Gasteiger partial charge >= 0.3 is 0 Å². The van der Waals surface area contributed by atoms with Gasteiger partial charge in [0.25, 0.3) is 5.91 Å². The fourth-order valence-corrected chi connectivity index (χ4v) is 1.94. The van der Waals surface area contributed by atoms with Crippen molar-refractivity contribution in [3.05, 3.63) is 16.1 Å². The molecule has 0 heterocycles. The van der Waals surface area contributed by atoms with Crippen molar-refractivity contribution >= 4 is 21.8 Å². The molecule has 16 heavy (non-hydrogen) atoms. The van der Waals surface area contributed by atoms with Gasteiger partial charge in [0.2, 0.25) is 0 Å². The van der Waals surface area contributed by atoms with Gasteiger partial charge in [0, 0.05) is 6.07 Å². The average Bonchev–Trinajstić information content (AvgIpc) is 2.27. The lowest BCUT2D eigenvalue weighted by Crippen LogP contribution is -2.15. The Morgan fingerprint density at radius 1 is 1.19 bits per heavy atom. The van der Waals surface area contributed by atoms with Crippen LogP contribution in [0.1, 0.15) is 10.4 Å². The zero-order valence-electron chi connectivity index (χ0n) is 9.17. The first-order chi connectivity index (χ1) is 7.56. The van der Waals surface area contributed by atoms with Crippen LogP contribution in [0, 0.1) is 0 Å². The highest BCUT2D eigenvalue weighted by atomic mass is 79.9. The monoisotopic (exact) mass is 289 g/mol. The minimum atomic E-state index is -0.645. The summed E-state index contributed by atoms with van der Waals surface area (Å²) in [6.07, 6.45) is 0. The number of primary amides is 1. The lowest BCUT2D eigenvalue weighted by Gasteiger charge is -2.15. The van der Waals surface area contributed by atoms with Crippen LogP contribution in [0.4, 0.5) is 0 Å². The summed E-state index contributed by atoms with van der Waals surface area (Å²) in [6.45, 7) is 0. The molecule has 0 spiro atoms. The minimum Gasteiger partial charge on any atom is -0.495 e. The van der Waals surface area contributed by atoms with Crippen LogP contribution in [-0.2, 0) is 0 Å². The van der Waals surface area contributed by atoms with Crippen LogP contribution in [0.25, 0.3) is 0 Å². The lowest BCUT2D eigenvalue weighted by molar-refractivity contribution is 0.0993. The molecule has 0 fully saturated rings. The molecular weight excluding hydrogens is 278 g/mol. The highest BCUT2D eigenvalue weighted by Crippen LogP contribution is 2.42. The van der Waals surface area contributed by atoms with Crippen molar-refractivity contribution in [2.75, 3.05) is 21.3 Å². The Kier molecular flexibility index (Phi) is 4.00. The Labute approximate surface area is 102 Å². The quantitative estimate of drug-likeness (QED) is 0.913. The molecule has 1 amide bonds. The molecule has 0 aliphatic heterocycles. The summed E-state index contributed by atoms with van der Waals surface area (Å²) in [6, 6.07) is 1.64. The third kappa shape index (κ3) is 2.06. The van der Waals surface area contributed by atoms with Gasteiger partial charge in [-0.05, 0) is 15.9 Å². The van der Waals surface area contributed by atoms with Gasteiger partial charge < -0.3 is 19.9 Å². The Balaban J connectivity index is 3.60. The summed E-state index contributed by atoms with van der Waals surface area (Å²) in [7, 11) is 4.34. The number of halogens is 1. The molecule has 6 heteroatoms. The van der Waals surface area contributed by atoms with Gasteiger partial charge in [0.1, 0.15) is 11.3 Å². The summed E-state index contributed by atoms with van der Waals surface area (Å²) >= 11 is 3.26. The van der Waals surface area contributed by atoms with E-state index in [1.807, 2.05) is 0 Å². The molecule has 1 rings (SSSR count). The van der Waals surface area contributed by atoms with Crippen molar-refractivity contribution in [1.29, 1.82) is 0 Å². The van der Waals surface area contributed by atoms with E-state index in [0.29, 0.717) is 16.0 Å². The first-order valence-electron chi connectivity index (χ1n) is 4.35. The fraction of sp³-hybridized carbons (Fsp3) is 0.300. The third-order valence-corrected chi connectivity index (χ3v) is 2.62. The summed E-state index contributed by atoms with van der Waals surface area (Å²) in [5.41, 5.74) is 5.43. The maximum Gasteiger partial charge on any atom is 0.256 e. The van der Waals surface area contributed by atoms with Crippen LogP contribution in [-0.4, -0.2) is 27.2 Å². The zero-order valence-corrected chi connectivity index (χ0v) is 10.8. The van der Waals surface area contributed by atoms with E-state index in [0.717, 1.165) is 0 Å². The molecule has 0 aromatic heterocycles.